The van der Waals surface area contributed by atoms with Gasteiger partial charge in [0.2, 0.25) is 0 Å². The van der Waals surface area contributed by atoms with Crippen molar-refractivity contribution in [2.45, 2.75) is 44.3 Å². The van der Waals surface area contributed by atoms with Crippen LogP contribution in [0.15, 0.2) is 43.0 Å². The number of alkyl halides is 1. The Hall–Kier alpha value is -2.75. The fraction of sp³-hybridized carbons (Fsp3) is 0.458. The minimum atomic E-state index is -0.766. The molecule has 8 nitrogen and oxygen atoms in total. The van der Waals surface area contributed by atoms with Gasteiger partial charge < -0.3 is 19.7 Å². The number of rotatable bonds is 5. The molecule has 0 saturated carbocycles. The van der Waals surface area contributed by atoms with Crippen LogP contribution in [0.3, 0.4) is 0 Å². The van der Waals surface area contributed by atoms with Crippen molar-refractivity contribution in [2.24, 2.45) is 5.92 Å². The summed E-state index contributed by atoms with van der Waals surface area (Å²) in [6.07, 6.45) is 5.34. The highest BCUT2D eigenvalue weighted by molar-refractivity contribution is 6.30. The first-order valence-electron chi connectivity index (χ1n) is 11.5. The van der Waals surface area contributed by atoms with Crippen LogP contribution in [0.1, 0.15) is 20.3 Å². The largest absolute Gasteiger partial charge is 0.369 e. The minimum absolute atomic E-state index is 0.209. The van der Waals surface area contributed by atoms with Crippen molar-refractivity contribution in [3.8, 4) is 0 Å². The Labute approximate surface area is 201 Å². The summed E-state index contributed by atoms with van der Waals surface area (Å²) in [5, 5.41) is 4.28. The minimum Gasteiger partial charge on any atom is -0.369 e. The number of imidazole rings is 1. The van der Waals surface area contributed by atoms with Gasteiger partial charge >= 0.3 is 0 Å². The molecule has 0 spiro atoms. The van der Waals surface area contributed by atoms with Crippen LogP contribution in [-0.4, -0.2) is 63.3 Å². The molecule has 0 amide bonds. The van der Waals surface area contributed by atoms with Crippen LogP contribution in [0.25, 0.3) is 16.9 Å². The van der Waals surface area contributed by atoms with Crippen molar-refractivity contribution in [1.29, 1.82) is 0 Å². The number of benzene rings is 1. The van der Waals surface area contributed by atoms with Crippen LogP contribution in [-0.2, 0) is 9.47 Å². The quantitative estimate of drug-likeness (QED) is 0.583. The van der Waals surface area contributed by atoms with Gasteiger partial charge in [0, 0.05) is 35.8 Å². The molecule has 34 heavy (non-hydrogen) atoms. The first-order valence-corrected chi connectivity index (χ1v) is 11.9. The SMILES string of the molecule is CC1(C)O[C@@H]2[C@@H](CF)C=C(n3cnc4c(N[C@H]5CCN(c6cccc(Cl)c6)C5)ncnc43)[C@@H]2O1. The fourth-order valence-corrected chi connectivity index (χ4v) is 5.38. The number of nitrogens with zero attached hydrogens (tertiary/aromatic N) is 5. The molecule has 10 heteroatoms. The van der Waals surface area contributed by atoms with E-state index in [1.807, 2.05) is 42.7 Å². The normalized spacial score (nSPS) is 27.9. The number of nitrogens with one attached hydrogen (secondary N) is 1. The standard InChI is InChI=1S/C24H26ClFN6O2/c1-24(2)33-20-14(10-26)8-18(21(20)34-24)32-13-29-19-22(27-12-28-23(19)32)30-16-6-7-31(11-16)17-5-3-4-15(25)9-17/h3-5,8-9,12-14,16,20-21H,6-7,10-11H2,1-2H3,(H,27,28,30)/t14-,16+,20-,21+/m1/s1. The van der Waals surface area contributed by atoms with E-state index in [1.54, 1.807) is 6.33 Å². The lowest BCUT2D eigenvalue weighted by Crippen LogP contribution is -2.27. The predicted molar refractivity (Wildman–Crippen MR) is 129 cm³/mol. The van der Waals surface area contributed by atoms with Crippen molar-refractivity contribution in [3.63, 3.8) is 0 Å². The van der Waals surface area contributed by atoms with E-state index in [0.29, 0.717) is 17.0 Å². The summed E-state index contributed by atoms with van der Waals surface area (Å²) in [7, 11) is 0. The van der Waals surface area contributed by atoms with Gasteiger partial charge in [-0.3, -0.25) is 8.96 Å². The molecule has 3 aliphatic rings. The van der Waals surface area contributed by atoms with Crippen molar-refractivity contribution in [1.82, 2.24) is 19.5 Å². The smallest absolute Gasteiger partial charge is 0.169 e. The van der Waals surface area contributed by atoms with Crippen LogP contribution in [0.4, 0.5) is 15.9 Å². The van der Waals surface area contributed by atoms with Crippen molar-refractivity contribution < 1.29 is 13.9 Å². The maximum absolute atomic E-state index is 13.7. The summed E-state index contributed by atoms with van der Waals surface area (Å²) in [6.45, 7) is 4.95. The molecule has 1 aromatic carbocycles. The summed E-state index contributed by atoms with van der Waals surface area (Å²) in [6, 6.07) is 8.11. The summed E-state index contributed by atoms with van der Waals surface area (Å²) in [4.78, 5) is 15.9. The van der Waals surface area contributed by atoms with E-state index in [9.17, 15) is 4.39 Å². The molecule has 1 N–H and O–H groups in total. The lowest BCUT2D eigenvalue weighted by Gasteiger charge is -2.20. The molecular weight excluding hydrogens is 459 g/mol. The Morgan fingerprint density at radius 2 is 2.12 bits per heavy atom. The summed E-state index contributed by atoms with van der Waals surface area (Å²) in [5.74, 6) is -0.449. The van der Waals surface area contributed by atoms with Crippen LogP contribution in [0.2, 0.25) is 5.02 Å². The zero-order chi connectivity index (χ0) is 23.4. The molecule has 2 aromatic heterocycles. The van der Waals surface area contributed by atoms with Gasteiger partial charge in [0.1, 0.15) is 24.9 Å². The first-order chi connectivity index (χ1) is 16.4. The zero-order valence-corrected chi connectivity index (χ0v) is 19.7. The van der Waals surface area contributed by atoms with E-state index in [0.717, 1.165) is 35.9 Å². The van der Waals surface area contributed by atoms with E-state index < -0.39 is 12.5 Å². The second kappa shape index (κ2) is 8.18. The summed E-state index contributed by atoms with van der Waals surface area (Å²) >= 11 is 6.17. The zero-order valence-electron chi connectivity index (χ0n) is 19.0. The van der Waals surface area contributed by atoms with Gasteiger partial charge in [0.25, 0.3) is 0 Å². The average Bonchev–Trinajstić information content (AvgIpc) is 3.56. The van der Waals surface area contributed by atoms with Crippen molar-refractivity contribution in [2.75, 3.05) is 30.0 Å². The maximum Gasteiger partial charge on any atom is 0.169 e. The Morgan fingerprint density at radius 1 is 1.24 bits per heavy atom. The maximum atomic E-state index is 13.7. The molecule has 178 valence electrons. The van der Waals surface area contributed by atoms with Crippen LogP contribution in [0.5, 0.6) is 0 Å². The van der Waals surface area contributed by atoms with Gasteiger partial charge in [-0.1, -0.05) is 23.7 Å². The predicted octanol–water partition coefficient (Wildman–Crippen LogP) is 4.13. The summed E-state index contributed by atoms with van der Waals surface area (Å²) < 4.78 is 27.7. The molecule has 1 aliphatic carbocycles. The third-order valence-corrected chi connectivity index (χ3v) is 6.95. The number of halogens is 2. The fourth-order valence-electron chi connectivity index (χ4n) is 5.20. The monoisotopic (exact) mass is 484 g/mol. The Kier molecular flexibility index (Phi) is 5.24. The van der Waals surface area contributed by atoms with Crippen molar-refractivity contribution in [3.05, 3.63) is 48.0 Å². The van der Waals surface area contributed by atoms with Crippen LogP contribution < -0.4 is 10.2 Å². The number of aromatic nitrogens is 4. The van der Waals surface area contributed by atoms with Gasteiger partial charge in [0.15, 0.2) is 22.8 Å². The van der Waals surface area contributed by atoms with Crippen LogP contribution >= 0.6 is 11.6 Å². The van der Waals surface area contributed by atoms with E-state index in [2.05, 4.69) is 31.2 Å². The molecule has 0 radical (unpaired) electrons. The Balaban J connectivity index is 1.25. The second-order valence-corrected chi connectivity index (χ2v) is 9.93. The van der Waals surface area contributed by atoms with E-state index in [-0.39, 0.29) is 24.2 Å². The van der Waals surface area contributed by atoms with E-state index in [1.165, 1.54) is 6.33 Å². The molecule has 0 unspecified atom stereocenters. The first kappa shape index (κ1) is 21.8. The molecule has 4 atom stereocenters. The van der Waals surface area contributed by atoms with E-state index >= 15 is 0 Å². The molecule has 6 rings (SSSR count). The van der Waals surface area contributed by atoms with Crippen molar-refractivity contribution >= 4 is 40.0 Å². The molecule has 2 fully saturated rings. The van der Waals surface area contributed by atoms with E-state index in [4.69, 9.17) is 21.1 Å². The highest BCUT2D eigenvalue weighted by Gasteiger charge is 2.50. The number of anilines is 2. The molecule has 4 heterocycles. The molecule has 0 bridgehead atoms. The number of hydrogen-bond donors (Lipinski definition) is 1. The lowest BCUT2D eigenvalue weighted by atomic mass is 10.1. The second-order valence-electron chi connectivity index (χ2n) is 9.50. The summed E-state index contributed by atoms with van der Waals surface area (Å²) in [5.41, 5.74) is 3.24. The average molecular weight is 485 g/mol. The molecule has 3 aromatic rings. The number of ether oxygens (including phenoxy) is 2. The van der Waals surface area contributed by atoms with Gasteiger partial charge in [-0.25, -0.2) is 15.0 Å². The van der Waals surface area contributed by atoms with Gasteiger partial charge in [-0.05, 0) is 38.5 Å². The Bertz CT molecular complexity index is 1260. The number of hydrogen-bond acceptors (Lipinski definition) is 7. The Morgan fingerprint density at radius 3 is 2.94 bits per heavy atom. The third-order valence-electron chi connectivity index (χ3n) is 6.72. The highest BCUT2D eigenvalue weighted by atomic mass is 35.5. The van der Waals surface area contributed by atoms with Gasteiger partial charge in [0.05, 0.1) is 12.4 Å². The van der Waals surface area contributed by atoms with Crippen LogP contribution in [0, 0.1) is 5.92 Å². The number of fused-ring (bicyclic) bond motifs is 2. The molecular formula is C24H26ClFN6O2. The molecule has 2 saturated heterocycles. The highest BCUT2D eigenvalue weighted by Crippen LogP contribution is 2.43. The third kappa shape index (κ3) is 3.72. The molecule has 2 aliphatic heterocycles. The van der Waals surface area contributed by atoms with Gasteiger partial charge in [-0.2, -0.15) is 0 Å². The lowest BCUT2D eigenvalue weighted by molar-refractivity contribution is -0.147. The topological polar surface area (TPSA) is 77.3 Å². The van der Waals surface area contributed by atoms with Gasteiger partial charge in [-0.15, -0.1) is 0 Å².